The van der Waals surface area contributed by atoms with Crippen LogP contribution in [-0.2, 0) is 11.3 Å². The molecule has 184 valence electrons. The zero-order chi connectivity index (χ0) is 25.9. The van der Waals surface area contributed by atoms with Gasteiger partial charge >= 0.3 is 5.97 Å². The van der Waals surface area contributed by atoms with Gasteiger partial charge in [0.05, 0.1) is 29.1 Å². The maximum atomic E-state index is 13.2. The van der Waals surface area contributed by atoms with Gasteiger partial charge in [0, 0.05) is 5.56 Å². The molecule has 0 radical (unpaired) electrons. The fraction of sp³-hybridized carbons (Fsp3) is 0.0690. The van der Waals surface area contributed by atoms with Crippen molar-refractivity contribution in [3.05, 3.63) is 112 Å². The summed E-state index contributed by atoms with van der Waals surface area (Å²) in [6.07, 6.45) is 1.53. The monoisotopic (exact) mass is 529 g/mol. The molecule has 0 spiro atoms. The van der Waals surface area contributed by atoms with E-state index in [-0.39, 0.29) is 33.0 Å². The highest BCUT2D eigenvalue weighted by atomic mass is 35.5. The maximum absolute atomic E-state index is 13.2. The number of imide groups is 1. The molecule has 0 aliphatic carbocycles. The highest BCUT2D eigenvalue weighted by Crippen LogP contribution is 2.38. The molecular weight excluding hydrogens is 510 g/mol. The number of carbonyl (C=O) groups excluding carboxylic acids is 3. The number of carbonyl (C=O) groups is 3. The standard InChI is InChI=1S/C29H20ClNO5S/c1-35-24-12-6-9-21(26(24)36-28(33)22-10-4-5-11-23(22)30)16-25-27(32)31(29(34)37-25)17-18-13-14-19-7-2-3-8-20(19)15-18/h2-16H,17H2,1H3/b25-16-. The molecular formula is C29H20ClNO5S. The van der Waals surface area contributed by atoms with Crippen LogP contribution in [0.1, 0.15) is 21.5 Å². The van der Waals surface area contributed by atoms with Crippen molar-refractivity contribution in [2.45, 2.75) is 6.54 Å². The average molecular weight is 530 g/mol. The van der Waals surface area contributed by atoms with E-state index in [2.05, 4.69) is 0 Å². The van der Waals surface area contributed by atoms with E-state index >= 15 is 0 Å². The van der Waals surface area contributed by atoms with E-state index in [9.17, 15) is 14.4 Å². The molecule has 5 rings (SSSR count). The molecule has 1 fully saturated rings. The van der Waals surface area contributed by atoms with Crippen molar-refractivity contribution in [2.75, 3.05) is 7.11 Å². The fourth-order valence-electron chi connectivity index (χ4n) is 3.99. The normalized spacial score (nSPS) is 14.4. The number of amides is 2. The molecule has 4 aromatic rings. The Bertz CT molecular complexity index is 1580. The van der Waals surface area contributed by atoms with Crippen molar-refractivity contribution in [3.8, 4) is 11.5 Å². The Morgan fingerprint density at radius 1 is 0.946 bits per heavy atom. The van der Waals surface area contributed by atoms with Gasteiger partial charge < -0.3 is 9.47 Å². The average Bonchev–Trinajstić information content (AvgIpc) is 3.17. The first-order chi connectivity index (χ1) is 17.9. The van der Waals surface area contributed by atoms with E-state index in [1.54, 1.807) is 42.5 Å². The van der Waals surface area contributed by atoms with Crippen molar-refractivity contribution < 1.29 is 23.9 Å². The van der Waals surface area contributed by atoms with E-state index in [4.69, 9.17) is 21.1 Å². The van der Waals surface area contributed by atoms with Crippen molar-refractivity contribution in [3.63, 3.8) is 0 Å². The van der Waals surface area contributed by atoms with Crippen LogP contribution < -0.4 is 9.47 Å². The predicted octanol–water partition coefficient (Wildman–Crippen LogP) is 6.96. The molecule has 8 heteroatoms. The Labute approximate surface area is 222 Å². The largest absolute Gasteiger partial charge is 0.493 e. The van der Waals surface area contributed by atoms with Crippen LogP contribution in [0.15, 0.2) is 89.8 Å². The second-order valence-electron chi connectivity index (χ2n) is 8.20. The van der Waals surface area contributed by atoms with Gasteiger partial charge in [0.2, 0.25) is 0 Å². The summed E-state index contributed by atoms with van der Waals surface area (Å²) < 4.78 is 11.1. The number of benzene rings is 4. The molecule has 0 atom stereocenters. The highest BCUT2D eigenvalue weighted by Gasteiger charge is 2.35. The maximum Gasteiger partial charge on any atom is 0.345 e. The molecule has 1 aliphatic rings. The minimum atomic E-state index is -0.672. The van der Waals surface area contributed by atoms with Gasteiger partial charge in [-0.1, -0.05) is 72.3 Å². The minimum absolute atomic E-state index is 0.122. The number of rotatable bonds is 6. The number of para-hydroxylation sites is 1. The lowest BCUT2D eigenvalue weighted by Crippen LogP contribution is -2.27. The number of ether oxygens (including phenoxy) is 2. The second kappa shape index (κ2) is 10.5. The smallest absolute Gasteiger partial charge is 0.345 e. The Morgan fingerprint density at radius 2 is 1.70 bits per heavy atom. The fourth-order valence-corrected chi connectivity index (χ4v) is 5.03. The number of methoxy groups -OCH3 is 1. The van der Waals surface area contributed by atoms with Crippen LogP contribution in [0.2, 0.25) is 5.02 Å². The van der Waals surface area contributed by atoms with Gasteiger partial charge in [-0.25, -0.2) is 4.79 Å². The third-order valence-electron chi connectivity index (χ3n) is 5.83. The van der Waals surface area contributed by atoms with Gasteiger partial charge in [-0.05, 0) is 58.4 Å². The van der Waals surface area contributed by atoms with Gasteiger partial charge in [0.1, 0.15) is 0 Å². The van der Waals surface area contributed by atoms with Crippen LogP contribution in [0.3, 0.4) is 0 Å². The molecule has 4 aromatic carbocycles. The van der Waals surface area contributed by atoms with Gasteiger partial charge in [0.15, 0.2) is 11.5 Å². The van der Waals surface area contributed by atoms with Crippen molar-refractivity contribution in [1.82, 2.24) is 4.90 Å². The molecule has 0 N–H and O–H groups in total. The Hall–Kier alpha value is -4.07. The zero-order valence-electron chi connectivity index (χ0n) is 19.6. The number of hydrogen-bond donors (Lipinski definition) is 0. The number of halogens is 1. The van der Waals surface area contributed by atoms with Crippen molar-refractivity contribution in [1.29, 1.82) is 0 Å². The molecule has 0 bridgehead atoms. The first-order valence-corrected chi connectivity index (χ1v) is 12.5. The Balaban J connectivity index is 1.42. The molecule has 0 aromatic heterocycles. The molecule has 1 aliphatic heterocycles. The van der Waals surface area contributed by atoms with Gasteiger partial charge in [-0.3, -0.25) is 14.5 Å². The lowest BCUT2D eigenvalue weighted by Gasteiger charge is -2.14. The summed E-state index contributed by atoms with van der Waals surface area (Å²) in [5.74, 6) is -0.677. The molecule has 0 unspecified atom stereocenters. The Morgan fingerprint density at radius 3 is 2.49 bits per heavy atom. The SMILES string of the molecule is COc1cccc(/C=C2\SC(=O)N(Cc3ccc4ccccc4c3)C2=O)c1OC(=O)c1ccccc1Cl. The summed E-state index contributed by atoms with van der Waals surface area (Å²) in [7, 11) is 1.45. The summed E-state index contributed by atoms with van der Waals surface area (Å²) >= 11 is 6.99. The van der Waals surface area contributed by atoms with Crippen LogP contribution in [0, 0.1) is 0 Å². The van der Waals surface area contributed by atoms with Crippen LogP contribution in [0.5, 0.6) is 11.5 Å². The van der Waals surface area contributed by atoms with E-state index in [0.29, 0.717) is 11.3 Å². The summed E-state index contributed by atoms with van der Waals surface area (Å²) in [5, 5.41) is 1.99. The lowest BCUT2D eigenvalue weighted by atomic mass is 10.1. The van der Waals surface area contributed by atoms with Crippen molar-refractivity contribution >= 4 is 57.3 Å². The molecule has 6 nitrogen and oxygen atoms in total. The quantitative estimate of drug-likeness (QED) is 0.153. The summed E-state index contributed by atoms with van der Waals surface area (Å²) in [6, 6.07) is 25.3. The molecule has 1 heterocycles. The summed E-state index contributed by atoms with van der Waals surface area (Å²) in [5.41, 5.74) is 1.45. The van der Waals surface area contributed by atoms with Gasteiger partial charge in [-0.15, -0.1) is 0 Å². The lowest BCUT2D eigenvalue weighted by molar-refractivity contribution is -0.123. The predicted molar refractivity (Wildman–Crippen MR) is 145 cm³/mol. The molecule has 37 heavy (non-hydrogen) atoms. The number of esters is 1. The third kappa shape index (κ3) is 5.09. The molecule has 2 amide bonds. The van der Waals surface area contributed by atoms with E-state index in [0.717, 1.165) is 28.1 Å². The van der Waals surface area contributed by atoms with Crippen LogP contribution in [-0.4, -0.2) is 29.1 Å². The first kappa shape index (κ1) is 24.6. The third-order valence-corrected chi connectivity index (χ3v) is 7.07. The highest BCUT2D eigenvalue weighted by molar-refractivity contribution is 8.18. The van der Waals surface area contributed by atoms with Gasteiger partial charge in [-0.2, -0.15) is 0 Å². The van der Waals surface area contributed by atoms with E-state index in [1.807, 2.05) is 42.5 Å². The Kier molecular flexibility index (Phi) is 6.99. The van der Waals surface area contributed by atoms with E-state index in [1.165, 1.54) is 18.1 Å². The number of fused-ring (bicyclic) bond motifs is 1. The second-order valence-corrected chi connectivity index (χ2v) is 9.60. The number of thioether (sulfide) groups is 1. The van der Waals surface area contributed by atoms with Crippen LogP contribution in [0.25, 0.3) is 16.8 Å². The zero-order valence-corrected chi connectivity index (χ0v) is 21.2. The van der Waals surface area contributed by atoms with Crippen molar-refractivity contribution in [2.24, 2.45) is 0 Å². The molecule has 0 saturated carbocycles. The number of nitrogens with zero attached hydrogens (tertiary/aromatic N) is 1. The van der Waals surface area contributed by atoms with Gasteiger partial charge in [0.25, 0.3) is 11.1 Å². The summed E-state index contributed by atoms with van der Waals surface area (Å²) in [4.78, 5) is 40.2. The van der Waals surface area contributed by atoms with Crippen LogP contribution in [0.4, 0.5) is 4.79 Å². The summed E-state index contributed by atoms with van der Waals surface area (Å²) in [6.45, 7) is 0.152. The minimum Gasteiger partial charge on any atom is -0.493 e. The first-order valence-electron chi connectivity index (χ1n) is 11.3. The van der Waals surface area contributed by atoms with Crippen LogP contribution >= 0.6 is 23.4 Å². The topological polar surface area (TPSA) is 72.9 Å². The number of hydrogen-bond acceptors (Lipinski definition) is 6. The van der Waals surface area contributed by atoms with E-state index < -0.39 is 11.9 Å². The molecule has 1 saturated heterocycles.